The van der Waals surface area contributed by atoms with Crippen LogP contribution in [0.4, 0.5) is 11.6 Å². The summed E-state index contributed by atoms with van der Waals surface area (Å²) in [5.41, 5.74) is 1.54. The Hall–Kier alpha value is -3.95. The van der Waals surface area contributed by atoms with Crippen LogP contribution in [0.25, 0.3) is 11.4 Å². The summed E-state index contributed by atoms with van der Waals surface area (Å²) in [6.07, 6.45) is 4.60. The number of nitrogens with one attached hydrogen (secondary N) is 1. The van der Waals surface area contributed by atoms with E-state index in [4.69, 9.17) is 9.47 Å². The van der Waals surface area contributed by atoms with Crippen LogP contribution >= 0.6 is 0 Å². The molecule has 4 heterocycles. The minimum absolute atomic E-state index is 0.0782. The van der Waals surface area contributed by atoms with Crippen LogP contribution in [-0.4, -0.2) is 45.3 Å². The van der Waals surface area contributed by atoms with Crippen molar-refractivity contribution in [1.29, 1.82) is 0 Å². The first-order valence-electron chi connectivity index (χ1n) is 10.4. The standard InChI is InChI=1S/C22H22N6O4/c1-27-20(29)10-17(16-6-7-23-12-24-16)26-22(27)28-8-2-3-14(11-28)21(30)25-15-4-5-18-19(9-15)32-13-31-18/h4-7,9-10,12,14H,2-3,8,11,13H2,1H3,(H,25,30). The maximum absolute atomic E-state index is 13.0. The molecule has 0 radical (unpaired) electrons. The van der Waals surface area contributed by atoms with Gasteiger partial charge in [-0.1, -0.05) is 0 Å². The Morgan fingerprint density at radius 1 is 1.16 bits per heavy atom. The zero-order valence-corrected chi connectivity index (χ0v) is 17.5. The number of rotatable bonds is 4. The van der Waals surface area contributed by atoms with Crippen molar-refractivity contribution < 1.29 is 14.3 Å². The molecule has 5 rings (SSSR count). The number of benzene rings is 1. The van der Waals surface area contributed by atoms with Gasteiger partial charge in [0.15, 0.2) is 11.5 Å². The maximum atomic E-state index is 13.0. The molecule has 0 bridgehead atoms. The molecular weight excluding hydrogens is 412 g/mol. The summed E-state index contributed by atoms with van der Waals surface area (Å²) in [6, 6.07) is 8.51. The van der Waals surface area contributed by atoms with E-state index in [1.165, 1.54) is 17.0 Å². The van der Waals surface area contributed by atoms with E-state index < -0.39 is 0 Å². The fraction of sp³-hybridized carbons (Fsp3) is 0.318. The van der Waals surface area contributed by atoms with Crippen molar-refractivity contribution in [2.24, 2.45) is 13.0 Å². The predicted molar refractivity (Wildman–Crippen MR) is 117 cm³/mol. The first-order chi connectivity index (χ1) is 15.6. The molecule has 1 amide bonds. The van der Waals surface area contributed by atoms with Gasteiger partial charge in [-0.3, -0.25) is 14.2 Å². The first kappa shape index (κ1) is 20.0. The second kappa shape index (κ2) is 8.29. The average Bonchev–Trinajstić information content (AvgIpc) is 3.29. The molecule has 2 aliphatic heterocycles. The van der Waals surface area contributed by atoms with E-state index in [0.29, 0.717) is 47.6 Å². The number of ether oxygens (including phenoxy) is 2. The molecule has 1 N–H and O–H groups in total. The highest BCUT2D eigenvalue weighted by Gasteiger charge is 2.28. The summed E-state index contributed by atoms with van der Waals surface area (Å²) in [4.78, 5) is 40.3. The van der Waals surface area contributed by atoms with Crippen LogP contribution in [0.1, 0.15) is 12.8 Å². The summed E-state index contributed by atoms with van der Waals surface area (Å²) in [7, 11) is 1.69. The van der Waals surface area contributed by atoms with E-state index in [1.807, 2.05) is 4.90 Å². The number of hydrogen-bond acceptors (Lipinski definition) is 8. The third-order valence-corrected chi connectivity index (χ3v) is 5.67. The molecule has 32 heavy (non-hydrogen) atoms. The molecule has 1 saturated heterocycles. The molecule has 2 aromatic heterocycles. The summed E-state index contributed by atoms with van der Waals surface area (Å²) >= 11 is 0. The predicted octanol–water partition coefficient (Wildman–Crippen LogP) is 1.82. The summed E-state index contributed by atoms with van der Waals surface area (Å²) < 4.78 is 12.2. The molecule has 0 saturated carbocycles. The van der Waals surface area contributed by atoms with Crippen molar-refractivity contribution in [2.75, 3.05) is 30.1 Å². The minimum atomic E-state index is -0.242. The number of nitrogens with zero attached hydrogens (tertiary/aromatic N) is 5. The van der Waals surface area contributed by atoms with Crippen LogP contribution in [-0.2, 0) is 11.8 Å². The number of hydrogen-bond donors (Lipinski definition) is 1. The molecule has 10 nitrogen and oxygen atoms in total. The largest absolute Gasteiger partial charge is 0.454 e. The van der Waals surface area contributed by atoms with Crippen molar-refractivity contribution in [3.63, 3.8) is 0 Å². The SMILES string of the molecule is Cn1c(N2CCCC(C(=O)Nc3ccc4c(c3)OCO4)C2)nc(-c2ccncn2)cc1=O. The number of aromatic nitrogens is 4. The summed E-state index contributed by atoms with van der Waals surface area (Å²) in [5, 5.41) is 2.97. The Morgan fingerprint density at radius 2 is 2.03 bits per heavy atom. The Kier molecular flexibility index (Phi) is 5.18. The van der Waals surface area contributed by atoms with Gasteiger partial charge in [0.1, 0.15) is 6.33 Å². The lowest BCUT2D eigenvalue weighted by molar-refractivity contribution is -0.120. The second-order valence-corrected chi connectivity index (χ2v) is 7.78. The third-order valence-electron chi connectivity index (χ3n) is 5.67. The molecule has 1 unspecified atom stereocenters. The van der Waals surface area contributed by atoms with Crippen LogP contribution in [0.2, 0.25) is 0 Å². The van der Waals surface area contributed by atoms with Gasteiger partial charge in [0.05, 0.1) is 17.3 Å². The van der Waals surface area contributed by atoms with Crippen LogP contribution in [0.3, 0.4) is 0 Å². The van der Waals surface area contributed by atoms with E-state index in [2.05, 4.69) is 20.3 Å². The molecule has 0 aliphatic carbocycles. The van der Waals surface area contributed by atoms with Crippen molar-refractivity contribution in [2.45, 2.75) is 12.8 Å². The second-order valence-electron chi connectivity index (χ2n) is 7.78. The maximum Gasteiger partial charge on any atom is 0.255 e. The lowest BCUT2D eigenvalue weighted by atomic mass is 9.97. The average molecular weight is 434 g/mol. The number of carbonyl (C=O) groups excluding carboxylic acids is 1. The van der Waals surface area contributed by atoms with Gasteiger partial charge in [0, 0.05) is 44.2 Å². The molecule has 10 heteroatoms. The number of carbonyl (C=O) groups is 1. The zero-order chi connectivity index (χ0) is 22.1. The van der Waals surface area contributed by atoms with E-state index in [0.717, 1.165) is 12.8 Å². The minimum Gasteiger partial charge on any atom is -0.454 e. The summed E-state index contributed by atoms with van der Waals surface area (Å²) in [6.45, 7) is 1.36. The normalized spacial score (nSPS) is 17.3. The lowest BCUT2D eigenvalue weighted by Gasteiger charge is -2.33. The van der Waals surface area contributed by atoms with Crippen molar-refractivity contribution in [3.05, 3.63) is 53.2 Å². The van der Waals surface area contributed by atoms with Gasteiger partial charge in [-0.05, 0) is 31.0 Å². The molecule has 164 valence electrons. The van der Waals surface area contributed by atoms with Gasteiger partial charge in [-0.25, -0.2) is 15.0 Å². The Bertz CT molecular complexity index is 1210. The number of piperidine rings is 1. The highest BCUT2D eigenvalue weighted by molar-refractivity contribution is 5.93. The topological polar surface area (TPSA) is 111 Å². The van der Waals surface area contributed by atoms with Crippen molar-refractivity contribution in [3.8, 4) is 22.9 Å². The molecule has 1 aromatic carbocycles. The van der Waals surface area contributed by atoms with E-state index in [9.17, 15) is 9.59 Å². The van der Waals surface area contributed by atoms with E-state index >= 15 is 0 Å². The fourth-order valence-corrected chi connectivity index (χ4v) is 3.98. The van der Waals surface area contributed by atoms with Gasteiger partial charge >= 0.3 is 0 Å². The number of anilines is 2. The van der Waals surface area contributed by atoms with Crippen LogP contribution < -0.4 is 25.2 Å². The Labute approximate surface area is 183 Å². The van der Waals surface area contributed by atoms with Gasteiger partial charge in [0.2, 0.25) is 18.6 Å². The van der Waals surface area contributed by atoms with Crippen molar-refractivity contribution >= 4 is 17.5 Å². The Morgan fingerprint density at radius 3 is 2.88 bits per heavy atom. The number of amides is 1. The monoisotopic (exact) mass is 434 g/mol. The molecule has 2 aliphatic rings. The highest BCUT2D eigenvalue weighted by Crippen LogP contribution is 2.34. The highest BCUT2D eigenvalue weighted by atomic mass is 16.7. The Balaban J connectivity index is 1.35. The van der Waals surface area contributed by atoms with Crippen LogP contribution in [0, 0.1) is 5.92 Å². The zero-order valence-electron chi connectivity index (χ0n) is 17.5. The van der Waals surface area contributed by atoms with Gasteiger partial charge in [-0.15, -0.1) is 0 Å². The number of fused-ring (bicyclic) bond motifs is 1. The lowest BCUT2D eigenvalue weighted by Crippen LogP contribution is -2.43. The molecule has 1 atom stereocenters. The molecule has 3 aromatic rings. The van der Waals surface area contributed by atoms with Gasteiger partial charge in [-0.2, -0.15) is 0 Å². The first-order valence-corrected chi connectivity index (χ1v) is 10.4. The smallest absolute Gasteiger partial charge is 0.255 e. The fourth-order valence-electron chi connectivity index (χ4n) is 3.98. The van der Waals surface area contributed by atoms with Gasteiger partial charge in [0.25, 0.3) is 5.56 Å². The molecular formula is C22H22N6O4. The van der Waals surface area contributed by atoms with Gasteiger partial charge < -0.3 is 19.7 Å². The van der Waals surface area contributed by atoms with Crippen LogP contribution in [0.5, 0.6) is 11.5 Å². The molecule has 0 spiro atoms. The van der Waals surface area contributed by atoms with Crippen molar-refractivity contribution in [1.82, 2.24) is 19.5 Å². The molecule has 1 fully saturated rings. The van der Waals surface area contributed by atoms with Crippen LogP contribution in [0.15, 0.2) is 47.7 Å². The third kappa shape index (κ3) is 3.86. The summed E-state index contributed by atoms with van der Waals surface area (Å²) in [5.74, 6) is 1.49. The quantitative estimate of drug-likeness (QED) is 0.662. The van der Waals surface area contributed by atoms with E-state index in [-0.39, 0.29) is 24.2 Å². The van der Waals surface area contributed by atoms with E-state index in [1.54, 1.807) is 37.5 Å².